The van der Waals surface area contributed by atoms with Crippen molar-refractivity contribution in [1.29, 1.82) is 0 Å². The van der Waals surface area contributed by atoms with Gasteiger partial charge in [0.15, 0.2) is 0 Å². The van der Waals surface area contributed by atoms with Crippen LogP contribution in [0, 0.1) is 5.92 Å². The largest absolute Gasteiger partial charge is 0.480 e. The quantitative estimate of drug-likeness (QED) is 0.824. The highest BCUT2D eigenvalue weighted by Crippen LogP contribution is 2.39. The molecule has 19 heavy (non-hydrogen) atoms. The zero-order chi connectivity index (χ0) is 13.9. The Balaban J connectivity index is 2.06. The lowest BCUT2D eigenvalue weighted by Gasteiger charge is -2.34. The number of hydrogen-bond donors (Lipinski definition) is 2. The maximum atomic E-state index is 11.7. The summed E-state index contributed by atoms with van der Waals surface area (Å²) >= 11 is 0. The summed E-state index contributed by atoms with van der Waals surface area (Å²) in [5.41, 5.74) is -0.749. The lowest BCUT2D eigenvalue weighted by molar-refractivity contribution is -0.147. The minimum Gasteiger partial charge on any atom is -0.480 e. The van der Waals surface area contributed by atoms with Gasteiger partial charge in [-0.05, 0) is 45.1 Å². The molecule has 106 valence electrons. The van der Waals surface area contributed by atoms with E-state index in [4.69, 9.17) is 0 Å². The van der Waals surface area contributed by atoms with Crippen molar-refractivity contribution in [2.75, 3.05) is 0 Å². The van der Waals surface area contributed by atoms with Gasteiger partial charge >= 0.3 is 5.97 Å². The first-order valence-corrected chi connectivity index (χ1v) is 7.03. The zero-order valence-corrected chi connectivity index (χ0v) is 11.7. The van der Waals surface area contributed by atoms with E-state index in [2.05, 4.69) is 10.4 Å². The average molecular weight is 265 g/mol. The number of nitrogens with one attached hydrogen (secondary N) is 1. The molecule has 5 heteroatoms. The number of aryl methyl sites for hydroxylation is 1. The van der Waals surface area contributed by atoms with E-state index in [-0.39, 0.29) is 12.0 Å². The van der Waals surface area contributed by atoms with E-state index in [1.807, 2.05) is 30.8 Å². The van der Waals surface area contributed by atoms with Crippen molar-refractivity contribution in [1.82, 2.24) is 15.1 Å². The molecule has 2 atom stereocenters. The lowest BCUT2D eigenvalue weighted by Crippen LogP contribution is -2.57. The number of nitrogens with zero attached hydrogens (tertiary/aromatic N) is 2. The Kier molecular flexibility index (Phi) is 4.24. The molecule has 1 saturated carbocycles. The summed E-state index contributed by atoms with van der Waals surface area (Å²) in [4.78, 5) is 11.7. The summed E-state index contributed by atoms with van der Waals surface area (Å²) in [6.07, 6.45) is 7.22. The molecule has 0 saturated heterocycles. The molecule has 5 nitrogen and oxygen atoms in total. The van der Waals surface area contributed by atoms with Gasteiger partial charge < -0.3 is 5.11 Å². The normalized spacial score (nSPS) is 27.0. The maximum absolute atomic E-state index is 11.7. The van der Waals surface area contributed by atoms with Gasteiger partial charge in [0.1, 0.15) is 5.54 Å². The smallest absolute Gasteiger partial charge is 0.324 e. The highest BCUT2D eigenvalue weighted by atomic mass is 16.4. The van der Waals surface area contributed by atoms with Crippen LogP contribution in [0.4, 0.5) is 0 Å². The fourth-order valence-corrected chi connectivity index (χ4v) is 3.24. The minimum atomic E-state index is -0.749. The lowest BCUT2D eigenvalue weighted by atomic mass is 9.84. The van der Waals surface area contributed by atoms with Crippen LogP contribution in [0.1, 0.15) is 39.5 Å². The van der Waals surface area contributed by atoms with Gasteiger partial charge in [0.2, 0.25) is 0 Å². The van der Waals surface area contributed by atoms with Crippen molar-refractivity contribution >= 4 is 5.97 Å². The number of aliphatic carboxylic acids is 1. The highest BCUT2D eigenvalue weighted by molar-refractivity contribution is 5.79. The van der Waals surface area contributed by atoms with Gasteiger partial charge in [-0.15, -0.1) is 0 Å². The van der Waals surface area contributed by atoms with Crippen LogP contribution in [-0.4, -0.2) is 32.4 Å². The van der Waals surface area contributed by atoms with Crippen LogP contribution in [0.2, 0.25) is 0 Å². The zero-order valence-electron chi connectivity index (χ0n) is 11.7. The molecule has 0 radical (unpaired) electrons. The number of carboxylic acid groups (broad SMARTS) is 1. The van der Waals surface area contributed by atoms with E-state index in [0.717, 1.165) is 32.2 Å². The van der Waals surface area contributed by atoms with Crippen LogP contribution in [0.5, 0.6) is 0 Å². The topological polar surface area (TPSA) is 67.2 Å². The van der Waals surface area contributed by atoms with Crippen LogP contribution in [-0.2, 0) is 11.3 Å². The Morgan fingerprint density at radius 3 is 3.00 bits per heavy atom. The molecule has 0 bridgehead atoms. The summed E-state index contributed by atoms with van der Waals surface area (Å²) in [6, 6.07) is 2.08. The number of hydrogen-bond acceptors (Lipinski definition) is 3. The van der Waals surface area contributed by atoms with Crippen molar-refractivity contribution in [2.24, 2.45) is 5.92 Å². The van der Waals surface area contributed by atoms with Crippen LogP contribution in [0.15, 0.2) is 18.5 Å². The number of carboxylic acids is 1. The fourth-order valence-electron chi connectivity index (χ4n) is 3.24. The van der Waals surface area contributed by atoms with E-state index in [1.165, 1.54) is 0 Å². The second-order valence-electron chi connectivity index (χ2n) is 5.72. The SMILES string of the molecule is CC(C)NC1(C(=O)O)CCCC1CCn1cccn1. The molecule has 1 aliphatic carbocycles. The molecule has 2 unspecified atom stereocenters. The summed E-state index contributed by atoms with van der Waals surface area (Å²) in [7, 11) is 0. The van der Waals surface area contributed by atoms with Gasteiger partial charge in [-0.3, -0.25) is 14.8 Å². The third-order valence-electron chi connectivity index (χ3n) is 4.01. The predicted octanol–water partition coefficient (Wildman–Crippen LogP) is 1.89. The van der Waals surface area contributed by atoms with Gasteiger partial charge in [-0.1, -0.05) is 6.42 Å². The summed E-state index contributed by atoms with van der Waals surface area (Å²) < 4.78 is 1.88. The molecule has 2 N–H and O–H groups in total. The summed E-state index contributed by atoms with van der Waals surface area (Å²) in [5.74, 6) is -0.527. The first-order valence-electron chi connectivity index (χ1n) is 7.03. The maximum Gasteiger partial charge on any atom is 0.324 e. The van der Waals surface area contributed by atoms with E-state index < -0.39 is 11.5 Å². The first kappa shape index (κ1) is 14.1. The van der Waals surface area contributed by atoms with Crippen molar-refractivity contribution in [2.45, 2.75) is 57.7 Å². The number of aromatic nitrogens is 2. The van der Waals surface area contributed by atoms with Gasteiger partial charge in [0.25, 0.3) is 0 Å². The average Bonchev–Trinajstić information content (AvgIpc) is 2.95. The first-order chi connectivity index (χ1) is 9.04. The van der Waals surface area contributed by atoms with E-state index >= 15 is 0 Å². The molecule has 0 aromatic carbocycles. The number of carbonyl (C=O) groups is 1. The fraction of sp³-hybridized carbons (Fsp3) is 0.714. The van der Waals surface area contributed by atoms with Crippen molar-refractivity contribution in [3.63, 3.8) is 0 Å². The van der Waals surface area contributed by atoms with Crippen LogP contribution < -0.4 is 5.32 Å². The molecule has 0 spiro atoms. The second-order valence-corrected chi connectivity index (χ2v) is 5.72. The Hall–Kier alpha value is -1.36. The van der Waals surface area contributed by atoms with Crippen molar-refractivity contribution in [3.05, 3.63) is 18.5 Å². The molecule has 2 rings (SSSR count). The molecule has 1 fully saturated rings. The predicted molar refractivity (Wildman–Crippen MR) is 72.8 cm³/mol. The van der Waals surface area contributed by atoms with Crippen LogP contribution in [0.25, 0.3) is 0 Å². The Morgan fingerprint density at radius 1 is 1.63 bits per heavy atom. The number of rotatable bonds is 6. The van der Waals surface area contributed by atoms with Crippen molar-refractivity contribution < 1.29 is 9.90 Å². The minimum absolute atomic E-state index is 0.177. The molecule has 0 amide bonds. The molecule has 1 aliphatic rings. The summed E-state index contributed by atoms with van der Waals surface area (Å²) in [6.45, 7) is 4.80. The third-order valence-corrected chi connectivity index (χ3v) is 4.01. The van der Waals surface area contributed by atoms with Gasteiger partial charge in [-0.2, -0.15) is 5.10 Å². The van der Waals surface area contributed by atoms with Gasteiger partial charge in [0.05, 0.1) is 0 Å². The monoisotopic (exact) mass is 265 g/mol. The molecule has 1 aromatic rings. The van der Waals surface area contributed by atoms with E-state index in [1.54, 1.807) is 6.20 Å². The Bertz CT molecular complexity index is 416. The summed E-state index contributed by atoms with van der Waals surface area (Å²) in [5, 5.41) is 17.1. The van der Waals surface area contributed by atoms with Crippen LogP contribution >= 0.6 is 0 Å². The molecule has 1 aromatic heterocycles. The van der Waals surface area contributed by atoms with Gasteiger partial charge in [-0.25, -0.2) is 0 Å². The molecule has 1 heterocycles. The van der Waals surface area contributed by atoms with Crippen molar-refractivity contribution in [3.8, 4) is 0 Å². The Labute approximate surface area is 114 Å². The van der Waals surface area contributed by atoms with Gasteiger partial charge in [0, 0.05) is 25.0 Å². The molecular formula is C14H23N3O2. The molecular weight excluding hydrogens is 242 g/mol. The molecule has 0 aliphatic heterocycles. The van der Waals surface area contributed by atoms with E-state index in [9.17, 15) is 9.90 Å². The standard InChI is InChI=1S/C14H23N3O2/c1-11(2)16-14(13(18)19)7-3-5-12(14)6-10-17-9-4-8-15-17/h4,8-9,11-12,16H,3,5-7,10H2,1-2H3,(H,18,19). The van der Waals surface area contributed by atoms with E-state index in [0.29, 0.717) is 0 Å². The Morgan fingerprint density at radius 2 is 2.42 bits per heavy atom. The second kappa shape index (κ2) is 5.74. The van der Waals surface area contributed by atoms with Crippen LogP contribution in [0.3, 0.4) is 0 Å². The third kappa shape index (κ3) is 2.97. The highest BCUT2D eigenvalue weighted by Gasteiger charge is 2.48.